The molecule has 2 saturated heterocycles. The van der Waals surface area contributed by atoms with Crippen LogP contribution in [-0.2, 0) is 13.1 Å². The van der Waals surface area contributed by atoms with Crippen LogP contribution in [0.1, 0.15) is 10.6 Å². The highest BCUT2D eigenvalue weighted by Crippen LogP contribution is 2.32. The molecule has 22 heavy (non-hydrogen) atoms. The molecule has 0 amide bonds. The van der Waals surface area contributed by atoms with Gasteiger partial charge in [-0.1, -0.05) is 12.1 Å². The number of benzene rings is 1. The number of aromatic nitrogens is 1. The number of halogens is 1. The first-order valence-electron chi connectivity index (χ1n) is 7.84. The van der Waals surface area contributed by atoms with E-state index in [1.165, 1.54) is 24.2 Å². The summed E-state index contributed by atoms with van der Waals surface area (Å²) in [5.41, 5.74) is 1.08. The zero-order valence-electron chi connectivity index (χ0n) is 12.5. The van der Waals surface area contributed by atoms with Gasteiger partial charge in [-0.15, -0.1) is 11.3 Å². The second-order valence-corrected chi connectivity index (χ2v) is 7.44. The number of fused-ring (bicyclic) bond motifs is 1. The van der Waals surface area contributed by atoms with Crippen LogP contribution in [0, 0.1) is 17.7 Å². The van der Waals surface area contributed by atoms with Crippen LogP contribution in [0.3, 0.4) is 0 Å². The maximum Gasteiger partial charge on any atom is 0.123 e. The minimum absolute atomic E-state index is 0.133. The molecular weight excluding hydrogens is 297 g/mol. The van der Waals surface area contributed by atoms with Gasteiger partial charge in [-0.25, -0.2) is 9.37 Å². The van der Waals surface area contributed by atoms with Gasteiger partial charge >= 0.3 is 0 Å². The van der Waals surface area contributed by atoms with Crippen LogP contribution in [-0.4, -0.2) is 41.0 Å². The van der Waals surface area contributed by atoms with Gasteiger partial charge in [-0.3, -0.25) is 9.80 Å². The predicted molar refractivity (Wildman–Crippen MR) is 86.0 cm³/mol. The predicted octanol–water partition coefficient (Wildman–Crippen LogP) is 2.85. The average Bonchev–Trinajstić information content (AvgIpc) is 3.16. The third kappa shape index (κ3) is 3.07. The van der Waals surface area contributed by atoms with E-state index in [0.717, 1.165) is 43.6 Å². The Morgan fingerprint density at radius 2 is 1.82 bits per heavy atom. The van der Waals surface area contributed by atoms with Crippen LogP contribution >= 0.6 is 11.3 Å². The van der Waals surface area contributed by atoms with E-state index in [1.807, 2.05) is 17.6 Å². The van der Waals surface area contributed by atoms with Gasteiger partial charge in [-0.05, 0) is 29.5 Å². The van der Waals surface area contributed by atoms with Crippen LogP contribution in [0.25, 0.3) is 0 Å². The maximum atomic E-state index is 13.3. The Kier molecular flexibility index (Phi) is 3.94. The van der Waals surface area contributed by atoms with Crippen LogP contribution < -0.4 is 0 Å². The zero-order valence-corrected chi connectivity index (χ0v) is 13.3. The lowest BCUT2D eigenvalue weighted by Crippen LogP contribution is -2.28. The average molecular weight is 317 g/mol. The Balaban J connectivity index is 1.32. The molecule has 2 aliphatic rings. The van der Waals surface area contributed by atoms with Crippen molar-refractivity contribution < 1.29 is 4.39 Å². The molecule has 5 heteroatoms. The van der Waals surface area contributed by atoms with E-state index in [4.69, 9.17) is 0 Å². The molecule has 116 valence electrons. The Bertz CT molecular complexity index is 617. The second-order valence-electron chi connectivity index (χ2n) is 6.46. The fraction of sp³-hybridized carbons (Fsp3) is 0.471. The molecule has 1 aromatic carbocycles. The van der Waals surface area contributed by atoms with Crippen LogP contribution in [0.4, 0.5) is 4.39 Å². The largest absolute Gasteiger partial charge is 0.298 e. The Morgan fingerprint density at radius 1 is 1.09 bits per heavy atom. The van der Waals surface area contributed by atoms with E-state index < -0.39 is 0 Å². The Labute approximate surface area is 134 Å². The monoisotopic (exact) mass is 317 g/mol. The number of thiazole rings is 1. The van der Waals surface area contributed by atoms with Gasteiger partial charge in [0.1, 0.15) is 10.8 Å². The van der Waals surface area contributed by atoms with Crippen molar-refractivity contribution in [2.75, 3.05) is 26.2 Å². The molecule has 2 fully saturated rings. The summed E-state index contributed by atoms with van der Waals surface area (Å²) in [6.07, 6.45) is 1.89. The van der Waals surface area contributed by atoms with Gasteiger partial charge in [0.15, 0.2) is 0 Å². The summed E-state index contributed by atoms with van der Waals surface area (Å²) in [5.74, 6) is 1.38. The topological polar surface area (TPSA) is 19.4 Å². The number of rotatable bonds is 4. The molecule has 1 aromatic heterocycles. The fourth-order valence-electron chi connectivity index (χ4n) is 3.86. The van der Waals surface area contributed by atoms with Crippen molar-refractivity contribution in [1.82, 2.24) is 14.8 Å². The molecule has 0 saturated carbocycles. The quantitative estimate of drug-likeness (QED) is 0.864. The lowest BCUT2D eigenvalue weighted by Gasteiger charge is -2.20. The molecule has 0 N–H and O–H groups in total. The van der Waals surface area contributed by atoms with E-state index in [2.05, 4.69) is 14.8 Å². The number of likely N-dealkylation sites (tertiary alicyclic amines) is 2. The van der Waals surface area contributed by atoms with Crippen molar-refractivity contribution in [3.8, 4) is 0 Å². The van der Waals surface area contributed by atoms with E-state index in [-0.39, 0.29) is 5.82 Å². The zero-order chi connectivity index (χ0) is 14.9. The number of hydrogen-bond acceptors (Lipinski definition) is 4. The fourth-order valence-corrected chi connectivity index (χ4v) is 4.52. The molecule has 4 rings (SSSR count). The van der Waals surface area contributed by atoms with Crippen LogP contribution in [0.5, 0.6) is 0 Å². The summed E-state index contributed by atoms with van der Waals surface area (Å²) in [5, 5.41) is 3.27. The van der Waals surface area contributed by atoms with Gasteiger partial charge in [-0.2, -0.15) is 0 Å². The first kappa shape index (κ1) is 14.3. The molecule has 3 nitrogen and oxygen atoms in total. The maximum absolute atomic E-state index is 13.3. The highest BCUT2D eigenvalue weighted by molar-refractivity contribution is 7.09. The van der Waals surface area contributed by atoms with Gasteiger partial charge in [0, 0.05) is 44.3 Å². The van der Waals surface area contributed by atoms with E-state index in [9.17, 15) is 4.39 Å². The van der Waals surface area contributed by atoms with Crippen molar-refractivity contribution in [3.05, 3.63) is 52.2 Å². The molecule has 0 spiro atoms. The van der Waals surface area contributed by atoms with Crippen molar-refractivity contribution in [2.24, 2.45) is 11.8 Å². The molecule has 2 aromatic rings. The molecule has 0 radical (unpaired) electrons. The summed E-state index contributed by atoms with van der Waals surface area (Å²) in [6, 6.07) is 6.99. The first-order valence-corrected chi connectivity index (χ1v) is 8.72. The lowest BCUT2D eigenvalue weighted by molar-refractivity contribution is 0.246. The van der Waals surface area contributed by atoms with Crippen molar-refractivity contribution >= 4 is 11.3 Å². The standard InChI is InChI=1S/C17H20FN3S/c18-16-3-1-2-13(6-16)7-20-8-14-10-21(11-15(14)9-20)12-17-19-4-5-22-17/h1-6,14-15H,7-12H2/t14-,15+. The second kappa shape index (κ2) is 6.07. The SMILES string of the molecule is Fc1cccc(CN2C[C@@H]3CN(Cc4nccs4)C[C@@H]3C2)c1. The summed E-state index contributed by atoms with van der Waals surface area (Å²) in [6.45, 7) is 6.48. The van der Waals surface area contributed by atoms with Gasteiger partial charge in [0.25, 0.3) is 0 Å². The van der Waals surface area contributed by atoms with Crippen molar-refractivity contribution in [1.29, 1.82) is 0 Å². The van der Waals surface area contributed by atoms with E-state index in [1.54, 1.807) is 23.5 Å². The number of hydrogen-bond donors (Lipinski definition) is 0. The minimum Gasteiger partial charge on any atom is -0.298 e. The highest BCUT2D eigenvalue weighted by Gasteiger charge is 2.39. The molecule has 3 heterocycles. The third-order valence-corrected chi connectivity index (χ3v) is 5.54. The smallest absolute Gasteiger partial charge is 0.123 e. The summed E-state index contributed by atoms with van der Waals surface area (Å²) in [7, 11) is 0. The highest BCUT2D eigenvalue weighted by atomic mass is 32.1. The van der Waals surface area contributed by atoms with E-state index in [0.29, 0.717) is 0 Å². The van der Waals surface area contributed by atoms with Gasteiger partial charge in [0.05, 0.1) is 6.54 Å². The minimum atomic E-state index is -0.133. The van der Waals surface area contributed by atoms with Crippen LogP contribution in [0.2, 0.25) is 0 Å². The molecule has 0 unspecified atom stereocenters. The normalized spacial score (nSPS) is 25.7. The number of nitrogens with zero attached hydrogens (tertiary/aromatic N) is 3. The molecule has 2 atom stereocenters. The summed E-state index contributed by atoms with van der Waals surface area (Å²) < 4.78 is 13.3. The molecule has 2 aliphatic heterocycles. The van der Waals surface area contributed by atoms with Crippen molar-refractivity contribution in [2.45, 2.75) is 13.1 Å². The first-order chi connectivity index (χ1) is 10.8. The Morgan fingerprint density at radius 3 is 2.45 bits per heavy atom. The lowest BCUT2D eigenvalue weighted by atomic mass is 10.0. The molecule has 0 bridgehead atoms. The summed E-state index contributed by atoms with van der Waals surface area (Å²) in [4.78, 5) is 9.40. The van der Waals surface area contributed by atoms with E-state index >= 15 is 0 Å². The van der Waals surface area contributed by atoms with Crippen LogP contribution in [0.15, 0.2) is 35.8 Å². The Hall–Kier alpha value is -1.30. The summed E-state index contributed by atoms with van der Waals surface area (Å²) >= 11 is 1.74. The molecular formula is C17H20FN3S. The van der Waals surface area contributed by atoms with Gasteiger partial charge < -0.3 is 0 Å². The molecule has 0 aliphatic carbocycles. The van der Waals surface area contributed by atoms with Crippen molar-refractivity contribution in [3.63, 3.8) is 0 Å². The third-order valence-electron chi connectivity index (χ3n) is 4.78. The van der Waals surface area contributed by atoms with Gasteiger partial charge in [0.2, 0.25) is 0 Å².